The summed E-state index contributed by atoms with van der Waals surface area (Å²) in [7, 11) is 1.49. The Balaban J connectivity index is 1.51. The molecule has 156 valence electrons. The molecule has 0 atom stereocenters. The van der Waals surface area contributed by atoms with Crippen molar-refractivity contribution in [3.63, 3.8) is 0 Å². The van der Waals surface area contributed by atoms with E-state index in [0.29, 0.717) is 43.7 Å². The van der Waals surface area contributed by atoms with E-state index in [1.165, 1.54) is 37.4 Å². The molecule has 1 aliphatic heterocycles. The molecule has 3 aromatic rings. The van der Waals surface area contributed by atoms with E-state index < -0.39 is 11.6 Å². The van der Waals surface area contributed by atoms with Gasteiger partial charge in [-0.3, -0.25) is 9.59 Å². The van der Waals surface area contributed by atoms with Gasteiger partial charge < -0.3 is 19.5 Å². The average Bonchev–Trinajstić information content (AvgIpc) is 3.06. The van der Waals surface area contributed by atoms with Crippen LogP contribution < -0.4 is 4.74 Å². The van der Waals surface area contributed by atoms with Crippen LogP contribution in [-0.2, 0) is 0 Å². The second kappa shape index (κ2) is 8.14. The molecule has 0 saturated carbocycles. The number of aromatic amines is 1. The van der Waals surface area contributed by atoms with Crippen molar-refractivity contribution >= 4 is 22.7 Å². The summed E-state index contributed by atoms with van der Waals surface area (Å²) in [5.74, 6) is -0.986. The molecule has 30 heavy (non-hydrogen) atoms. The Labute approximate surface area is 172 Å². The Hall–Kier alpha value is -3.42. The monoisotopic (exact) mass is 413 g/mol. The SMILES string of the molecule is COc1ccc(F)c2[nH]c(C(=O)N3CCCN(C(=O)c4cccc(F)c4)CC3)cc12. The van der Waals surface area contributed by atoms with Crippen LogP contribution in [0.2, 0.25) is 0 Å². The van der Waals surface area contributed by atoms with Crippen LogP contribution in [0.15, 0.2) is 42.5 Å². The predicted octanol–water partition coefficient (Wildman–Crippen LogP) is 3.44. The second-order valence-electron chi connectivity index (χ2n) is 7.17. The Bertz CT molecular complexity index is 1110. The van der Waals surface area contributed by atoms with Gasteiger partial charge in [-0.05, 0) is 42.8 Å². The molecule has 2 aromatic carbocycles. The lowest BCUT2D eigenvalue weighted by molar-refractivity contribution is 0.0716. The van der Waals surface area contributed by atoms with E-state index in [1.807, 2.05) is 0 Å². The molecular weight excluding hydrogens is 392 g/mol. The molecule has 0 spiro atoms. The normalized spacial score (nSPS) is 14.6. The first-order chi connectivity index (χ1) is 14.5. The van der Waals surface area contributed by atoms with Crippen molar-refractivity contribution in [3.8, 4) is 5.75 Å². The number of amides is 2. The number of hydrogen-bond acceptors (Lipinski definition) is 3. The fourth-order valence-electron chi connectivity index (χ4n) is 3.75. The maximum atomic E-state index is 14.1. The summed E-state index contributed by atoms with van der Waals surface area (Å²) in [5, 5.41) is 0.499. The minimum Gasteiger partial charge on any atom is -0.496 e. The molecule has 0 aliphatic carbocycles. The maximum absolute atomic E-state index is 14.1. The lowest BCUT2D eigenvalue weighted by atomic mass is 10.2. The molecule has 1 N–H and O–H groups in total. The topological polar surface area (TPSA) is 65.6 Å². The van der Waals surface area contributed by atoms with Crippen LogP contribution in [0.3, 0.4) is 0 Å². The molecule has 1 aliphatic rings. The summed E-state index contributed by atoms with van der Waals surface area (Å²) in [6.07, 6.45) is 0.588. The Morgan fingerprint density at radius 1 is 0.967 bits per heavy atom. The highest BCUT2D eigenvalue weighted by atomic mass is 19.1. The highest BCUT2D eigenvalue weighted by Crippen LogP contribution is 2.29. The molecule has 2 heterocycles. The summed E-state index contributed by atoms with van der Waals surface area (Å²) < 4.78 is 32.8. The van der Waals surface area contributed by atoms with Gasteiger partial charge in [0.15, 0.2) is 0 Å². The van der Waals surface area contributed by atoms with Gasteiger partial charge in [0.05, 0.1) is 12.6 Å². The van der Waals surface area contributed by atoms with E-state index in [4.69, 9.17) is 4.74 Å². The zero-order valence-corrected chi connectivity index (χ0v) is 16.5. The fraction of sp³-hybridized carbons (Fsp3) is 0.273. The van der Waals surface area contributed by atoms with Crippen molar-refractivity contribution in [1.82, 2.24) is 14.8 Å². The van der Waals surface area contributed by atoms with E-state index in [-0.39, 0.29) is 28.6 Å². The van der Waals surface area contributed by atoms with E-state index in [2.05, 4.69) is 4.98 Å². The molecule has 1 aromatic heterocycles. The van der Waals surface area contributed by atoms with Gasteiger partial charge in [-0.15, -0.1) is 0 Å². The van der Waals surface area contributed by atoms with Crippen LogP contribution in [0.5, 0.6) is 5.75 Å². The molecule has 4 rings (SSSR count). The van der Waals surface area contributed by atoms with E-state index in [1.54, 1.807) is 21.9 Å². The Morgan fingerprint density at radius 3 is 2.40 bits per heavy atom. The summed E-state index contributed by atoms with van der Waals surface area (Å²) >= 11 is 0. The molecule has 1 saturated heterocycles. The van der Waals surface area contributed by atoms with Gasteiger partial charge in [0.2, 0.25) is 0 Å². The lowest BCUT2D eigenvalue weighted by Gasteiger charge is -2.22. The standard InChI is InChI=1S/C22H21F2N3O3/c1-30-19-7-6-17(24)20-16(19)13-18(25-20)22(29)27-9-3-8-26(10-11-27)21(28)14-4-2-5-15(23)12-14/h2,4-7,12-13,25H,3,8-11H2,1H3. The number of hydrogen-bond donors (Lipinski definition) is 1. The molecule has 0 unspecified atom stereocenters. The first kappa shape index (κ1) is 19.9. The van der Waals surface area contributed by atoms with Gasteiger partial charge in [-0.2, -0.15) is 0 Å². The van der Waals surface area contributed by atoms with Crippen molar-refractivity contribution in [3.05, 3.63) is 65.4 Å². The summed E-state index contributed by atoms with van der Waals surface area (Å²) in [6.45, 7) is 1.59. The zero-order chi connectivity index (χ0) is 21.3. The predicted molar refractivity (Wildman–Crippen MR) is 108 cm³/mol. The van der Waals surface area contributed by atoms with E-state index in [0.717, 1.165) is 0 Å². The molecule has 2 amide bonds. The smallest absolute Gasteiger partial charge is 0.270 e. The van der Waals surface area contributed by atoms with Crippen molar-refractivity contribution in [2.24, 2.45) is 0 Å². The third-order valence-electron chi connectivity index (χ3n) is 5.30. The number of rotatable bonds is 3. The van der Waals surface area contributed by atoms with Gasteiger partial charge in [0, 0.05) is 37.1 Å². The summed E-state index contributed by atoms with van der Waals surface area (Å²) in [6, 6.07) is 9.96. The number of halogens is 2. The van der Waals surface area contributed by atoms with Gasteiger partial charge in [0.25, 0.3) is 11.8 Å². The zero-order valence-electron chi connectivity index (χ0n) is 16.5. The first-order valence-corrected chi connectivity index (χ1v) is 9.67. The van der Waals surface area contributed by atoms with Crippen LogP contribution >= 0.6 is 0 Å². The number of nitrogens with zero attached hydrogens (tertiary/aromatic N) is 2. The number of fused-ring (bicyclic) bond motifs is 1. The Kier molecular flexibility index (Phi) is 5.39. The maximum Gasteiger partial charge on any atom is 0.270 e. The van der Waals surface area contributed by atoms with Crippen molar-refractivity contribution in [2.75, 3.05) is 33.3 Å². The number of carbonyl (C=O) groups is 2. The van der Waals surface area contributed by atoms with Crippen molar-refractivity contribution in [1.29, 1.82) is 0 Å². The number of nitrogens with one attached hydrogen (secondary N) is 1. The fourth-order valence-corrected chi connectivity index (χ4v) is 3.75. The van der Waals surface area contributed by atoms with Gasteiger partial charge in [-0.1, -0.05) is 6.07 Å². The minimum atomic E-state index is -0.465. The first-order valence-electron chi connectivity index (χ1n) is 9.67. The number of aromatic nitrogens is 1. The average molecular weight is 413 g/mol. The lowest BCUT2D eigenvalue weighted by Crippen LogP contribution is -2.37. The molecule has 0 radical (unpaired) electrons. The number of methoxy groups -OCH3 is 1. The quantitative estimate of drug-likeness (QED) is 0.715. The number of benzene rings is 2. The van der Waals surface area contributed by atoms with Crippen LogP contribution in [0.25, 0.3) is 10.9 Å². The number of ether oxygens (including phenoxy) is 1. The number of carbonyl (C=O) groups excluding carboxylic acids is 2. The highest BCUT2D eigenvalue weighted by molar-refractivity contribution is 6.00. The molecule has 6 nitrogen and oxygen atoms in total. The molecule has 1 fully saturated rings. The molecule has 8 heteroatoms. The summed E-state index contributed by atoms with van der Waals surface area (Å²) in [5.41, 5.74) is 0.765. The highest BCUT2D eigenvalue weighted by Gasteiger charge is 2.25. The second-order valence-corrected chi connectivity index (χ2v) is 7.17. The van der Waals surface area contributed by atoms with Gasteiger partial charge in [-0.25, -0.2) is 8.78 Å². The van der Waals surface area contributed by atoms with E-state index >= 15 is 0 Å². The summed E-state index contributed by atoms with van der Waals surface area (Å²) in [4.78, 5) is 31.8. The van der Waals surface area contributed by atoms with Crippen molar-refractivity contribution < 1.29 is 23.1 Å². The van der Waals surface area contributed by atoms with Crippen LogP contribution in [-0.4, -0.2) is 59.9 Å². The van der Waals surface area contributed by atoms with E-state index in [9.17, 15) is 18.4 Å². The van der Waals surface area contributed by atoms with Crippen molar-refractivity contribution in [2.45, 2.75) is 6.42 Å². The third-order valence-corrected chi connectivity index (χ3v) is 5.30. The minimum absolute atomic E-state index is 0.218. The number of H-pyrrole nitrogens is 1. The van der Waals surface area contributed by atoms with Gasteiger partial charge in [0.1, 0.15) is 23.1 Å². The van der Waals surface area contributed by atoms with Crippen LogP contribution in [0.4, 0.5) is 8.78 Å². The van der Waals surface area contributed by atoms with Crippen LogP contribution in [0, 0.1) is 11.6 Å². The Morgan fingerprint density at radius 2 is 1.70 bits per heavy atom. The largest absolute Gasteiger partial charge is 0.496 e. The third kappa shape index (κ3) is 3.72. The van der Waals surface area contributed by atoms with Crippen LogP contribution in [0.1, 0.15) is 27.3 Å². The molecule has 0 bridgehead atoms. The van der Waals surface area contributed by atoms with Gasteiger partial charge >= 0.3 is 0 Å². The molecular formula is C22H21F2N3O3.